The third-order valence-corrected chi connectivity index (χ3v) is 7.68. The van der Waals surface area contributed by atoms with Crippen LogP contribution < -0.4 is 4.90 Å². The van der Waals surface area contributed by atoms with Crippen molar-refractivity contribution in [1.82, 2.24) is 0 Å². The molecule has 0 bridgehead atoms. The molecule has 0 saturated heterocycles. The van der Waals surface area contributed by atoms with Crippen LogP contribution in [-0.2, 0) is 0 Å². The van der Waals surface area contributed by atoms with Crippen LogP contribution >= 0.6 is 27.3 Å². The molecule has 0 spiro atoms. The lowest BCUT2D eigenvalue weighted by Crippen LogP contribution is -2.09. The van der Waals surface area contributed by atoms with Gasteiger partial charge < -0.3 is 4.90 Å². The molecule has 0 unspecified atom stereocenters. The number of benzene rings is 5. The number of thiophene rings is 1. The molecule has 0 atom stereocenters. The first-order valence-electron chi connectivity index (χ1n) is 10.9. The van der Waals surface area contributed by atoms with Gasteiger partial charge in [0.1, 0.15) is 0 Å². The summed E-state index contributed by atoms with van der Waals surface area (Å²) in [6.07, 6.45) is 0. The summed E-state index contributed by atoms with van der Waals surface area (Å²) < 4.78 is 3.69. The van der Waals surface area contributed by atoms with E-state index >= 15 is 0 Å². The summed E-state index contributed by atoms with van der Waals surface area (Å²) in [4.78, 5) is 2.36. The molecular formula is C30H20BrNS. The molecule has 0 aliphatic rings. The van der Waals surface area contributed by atoms with E-state index in [9.17, 15) is 0 Å². The van der Waals surface area contributed by atoms with E-state index in [1.165, 1.54) is 37.0 Å². The lowest BCUT2D eigenvalue weighted by atomic mass is 10.0. The van der Waals surface area contributed by atoms with E-state index in [-0.39, 0.29) is 0 Å². The van der Waals surface area contributed by atoms with Gasteiger partial charge in [0.15, 0.2) is 0 Å². The minimum Gasteiger partial charge on any atom is -0.309 e. The van der Waals surface area contributed by atoms with E-state index < -0.39 is 0 Å². The van der Waals surface area contributed by atoms with Gasteiger partial charge in [-0.05, 0) is 59.7 Å². The van der Waals surface area contributed by atoms with Gasteiger partial charge in [-0.3, -0.25) is 0 Å². The van der Waals surface area contributed by atoms with Crippen molar-refractivity contribution in [1.29, 1.82) is 0 Å². The number of fused-ring (bicyclic) bond motifs is 3. The van der Waals surface area contributed by atoms with E-state index in [2.05, 4.69) is 142 Å². The molecule has 158 valence electrons. The Balaban J connectivity index is 1.54. The summed E-state index contributed by atoms with van der Waals surface area (Å²) >= 11 is 5.45. The quantitative estimate of drug-likeness (QED) is 0.230. The SMILES string of the molecule is Brc1ccc(N(c2ccc(-c3ccccc3)cc2)c2cccc3c2sc2ccccc23)cc1. The van der Waals surface area contributed by atoms with Crippen LogP contribution in [0.3, 0.4) is 0 Å². The second-order valence-electron chi connectivity index (χ2n) is 7.98. The Kier molecular flexibility index (Phi) is 5.21. The highest BCUT2D eigenvalue weighted by Gasteiger charge is 2.17. The molecule has 0 fully saturated rings. The van der Waals surface area contributed by atoms with Gasteiger partial charge >= 0.3 is 0 Å². The molecule has 0 aliphatic carbocycles. The molecule has 0 radical (unpaired) electrons. The average molecular weight is 506 g/mol. The lowest BCUT2D eigenvalue weighted by Gasteiger charge is -2.26. The maximum Gasteiger partial charge on any atom is 0.0640 e. The molecule has 0 N–H and O–H groups in total. The van der Waals surface area contributed by atoms with Crippen molar-refractivity contribution in [3.8, 4) is 11.1 Å². The molecule has 6 rings (SSSR count). The zero-order valence-electron chi connectivity index (χ0n) is 17.8. The average Bonchev–Trinajstić information content (AvgIpc) is 3.26. The van der Waals surface area contributed by atoms with Crippen LogP contribution in [0, 0.1) is 0 Å². The zero-order valence-corrected chi connectivity index (χ0v) is 20.2. The van der Waals surface area contributed by atoms with Crippen molar-refractivity contribution < 1.29 is 0 Å². The minimum atomic E-state index is 1.07. The van der Waals surface area contributed by atoms with Crippen molar-refractivity contribution >= 4 is 64.5 Å². The first-order valence-corrected chi connectivity index (χ1v) is 12.5. The summed E-state index contributed by atoms with van der Waals surface area (Å²) in [5.74, 6) is 0. The summed E-state index contributed by atoms with van der Waals surface area (Å²) in [6.45, 7) is 0. The molecule has 33 heavy (non-hydrogen) atoms. The van der Waals surface area contributed by atoms with E-state index in [1.54, 1.807) is 0 Å². The van der Waals surface area contributed by atoms with Gasteiger partial charge in [-0.25, -0.2) is 0 Å². The first kappa shape index (κ1) is 20.2. The van der Waals surface area contributed by atoms with Crippen LogP contribution in [0.4, 0.5) is 17.1 Å². The molecule has 0 aliphatic heterocycles. The highest BCUT2D eigenvalue weighted by molar-refractivity contribution is 9.10. The minimum absolute atomic E-state index is 1.07. The fraction of sp³-hybridized carbons (Fsp3) is 0. The third kappa shape index (κ3) is 3.74. The number of hydrogen-bond acceptors (Lipinski definition) is 2. The van der Waals surface area contributed by atoms with Crippen LogP contribution in [0.1, 0.15) is 0 Å². The number of rotatable bonds is 4. The molecule has 1 heterocycles. The van der Waals surface area contributed by atoms with Crippen molar-refractivity contribution in [2.45, 2.75) is 0 Å². The van der Waals surface area contributed by atoms with Gasteiger partial charge in [0.25, 0.3) is 0 Å². The van der Waals surface area contributed by atoms with E-state index in [4.69, 9.17) is 0 Å². The van der Waals surface area contributed by atoms with Crippen LogP contribution in [0.2, 0.25) is 0 Å². The van der Waals surface area contributed by atoms with Crippen LogP contribution in [0.5, 0.6) is 0 Å². The topological polar surface area (TPSA) is 3.24 Å². The zero-order chi connectivity index (χ0) is 22.2. The van der Waals surface area contributed by atoms with E-state index in [1.807, 2.05) is 11.3 Å². The summed E-state index contributed by atoms with van der Waals surface area (Å²) in [5, 5.41) is 2.62. The van der Waals surface area contributed by atoms with Gasteiger partial charge in [-0.15, -0.1) is 11.3 Å². The molecular weight excluding hydrogens is 486 g/mol. The Bertz CT molecular complexity index is 1550. The largest absolute Gasteiger partial charge is 0.309 e. The Morgan fingerprint density at radius 2 is 1.12 bits per heavy atom. The van der Waals surface area contributed by atoms with Gasteiger partial charge in [0, 0.05) is 31.3 Å². The second-order valence-corrected chi connectivity index (χ2v) is 9.94. The number of nitrogens with zero attached hydrogens (tertiary/aromatic N) is 1. The van der Waals surface area contributed by atoms with Crippen LogP contribution in [0.25, 0.3) is 31.3 Å². The monoisotopic (exact) mass is 505 g/mol. The Morgan fingerprint density at radius 1 is 0.515 bits per heavy atom. The van der Waals surface area contributed by atoms with Crippen LogP contribution in [-0.4, -0.2) is 0 Å². The van der Waals surface area contributed by atoms with E-state index in [0.717, 1.165) is 15.8 Å². The van der Waals surface area contributed by atoms with Crippen molar-refractivity contribution in [2.75, 3.05) is 4.90 Å². The van der Waals surface area contributed by atoms with Gasteiger partial charge in [0.2, 0.25) is 0 Å². The summed E-state index contributed by atoms with van der Waals surface area (Å²) in [7, 11) is 0. The Morgan fingerprint density at radius 3 is 1.88 bits per heavy atom. The maximum absolute atomic E-state index is 3.59. The van der Waals surface area contributed by atoms with Crippen molar-refractivity contribution in [3.63, 3.8) is 0 Å². The standard InChI is InChI=1S/C30H20BrNS/c31-23-15-19-25(20-16-23)32(24-17-13-22(14-18-24)21-7-2-1-3-8-21)28-11-6-10-27-26-9-4-5-12-29(26)33-30(27)28/h1-20H. The normalized spacial score (nSPS) is 11.2. The highest BCUT2D eigenvalue weighted by Crippen LogP contribution is 2.44. The first-order chi connectivity index (χ1) is 16.3. The Labute approximate surface area is 205 Å². The van der Waals surface area contributed by atoms with E-state index in [0.29, 0.717) is 0 Å². The summed E-state index contributed by atoms with van der Waals surface area (Å²) in [6, 6.07) is 43.2. The number of halogens is 1. The summed E-state index contributed by atoms with van der Waals surface area (Å²) in [5.41, 5.74) is 5.92. The maximum atomic E-state index is 3.59. The second kappa shape index (κ2) is 8.51. The predicted molar refractivity (Wildman–Crippen MR) is 147 cm³/mol. The van der Waals surface area contributed by atoms with Crippen LogP contribution in [0.15, 0.2) is 126 Å². The van der Waals surface area contributed by atoms with Crippen molar-refractivity contribution in [3.05, 3.63) is 126 Å². The smallest absolute Gasteiger partial charge is 0.0640 e. The molecule has 6 aromatic rings. The van der Waals surface area contributed by atoms with Gasteiger partial charge in [0.05, 0.1) is 10.4 Å². The fourth-order valence-corrected chi connectivity index (χ4v) is 5.83. The lowest BCUT2D eigenvalue weighted by molar-refractivity contribution is 1.30. The van der Waals surface area contributed by atoms with Gasteiger partial charge in [-0.2, -0.15) is 0 Å². The molecule has 3 heteroatoms. The number of anilines is 3. The van der Waals surface area contributed by atoms with Crippen molar-refractivity contribution in [2.24, 2.45) is 0 Å². The molecule has 0 saturated carbocycles. The Hall–Kier alpha value is -3.40. The molecule has 1 aromatic heterocycles. The fourth-order valence-electron chi connectivity index (χ4n) is 4.36. The molecule has 1 nitrogen and oxygen atoms in total. The molecule has 0 amide bonds. The third-order valence-electron chi connectivity index (χ3n) is 5.94. The predicted octanol–water partition coefficient (Wildman–Crippen LogP) is 9.95. The van der Waals surface area contributed by atoms with Gasteiger partial charge in [-0.1, -0.05) is 88.7 Å². The number of hydrogen-bond donors (Lipinski definition) is 0. The highest BCUT2D eigenvalue weighted by atomic mass is 79.9. The molecule has 5 aromatic carbocycles.